The van der Waals surface area contributed by atoms with Crippen molar-refractivity contribution in [2.24, 2.45) is 0 Å². The Balaban J connectivity index is 1.97. The van der Waals surface area contributed by atoms with Crippen molar-refractivity contribution >= 4 is 20.9 Å². The molecule has 4 aromatic rings. The van der Waals surface area contributed by atoms with Crippen LogP contribution in [0.5, 0.6) is 0 Å². The molecule has 0 unspecified atom stereocenters. The standard InChI is InChI=1S/C21H14F3NO2S/c22-21(23,24)16-8-6-7-15(13-16)19-14-25(20-12-5-4-11-18(19)20)28(26,27)17-9-2-1-3-10-17/h1-14H. The van der Waals surface area contributed by atoms with E-state index >= 15 is 0 Å². The molecule has 0 N–H and O–H groups in total. The zero-order valence-electron chi connectivity index (χ0n) is 14.4. The SMILES string of the molecule is O=S(=O)(c1ccccc1)n1cc(-c2cccc(C(F)(F)F)c2)c2ccccc21. The van der Waals surface area contributed by atoms with E-state index in [-0.39, 0.29) is 4.90 Å². The normalized spacial score (nSPS) is 12.4. The van der Waals surface area contributed by atoms with Crippen LogP contribution in [0, 0.1) is 0 Å². The first kappa shape index (κ1) is 18.3. The van der Waals surface area contributed by atoms with Crippen LogP contribution in [0.4, 0.5) is 13.2 Å². The molecule has 4 rings (SSSR count). The molecule has 3 nitrogen and oxygen atoms in total. The van der Waals surface area contributed by atoms with Gasteiger partial charge in [0.25, 0.3) is 10.0 Å². The van der Waals surface area contributed by atoms with Gasteiger partial charge < -0.3 is 0 Å². The van der Waals surface area contributed by atoms with Crippen LogP contribution in [0.1, 0.15) is 5.56 Å². The van der Waals surface area contributed by atoms with Gasteiger partial charge >= 0.3 is 6.18 Å². The average Bonchev–Trinajstić information content (AvgIpc) is 3.09. The number of aromatic nitrogens is 1. The van der Waals surface area contributed by atoms with Crippen molar-refractivity contribution in [1.29, 1.82) is 0 Å². The van der Waals surface area contributed by atoms with Gasteiger partial charge in [0.05, 0.1) is 16.0 Å². The molecule has 0 bridgehead atoms. The van der Waals surface area contributed by atoms with E-state index in [0.717, 1.165) is 16.1 Å². The number of hydrogen-bond donors (Lipinski definition) is 0. The molecule has 1 heterocycles. The van der Waals surface area contributed by atoms with E-state index in [2.05, 4.69) is 0 Å². The molecule has 0 aliphatic carbocycles. The Bertz CT molecular complexity index is 1260. The second kappa shape index (κ2) is 6.53. The first-order valence-corrected chi connectivity index (χ1v) is 9.81. The van der Waals surface area contributed by atoms with Gasteiger partial charge in [-0.2, -0.15) is 13.2 Å². The number of benzene rings is 3. The van der Waals surface area contributed by atoms with Gasteiger partial charge in [-0.1, -0.05) is 48.5 Å². The second-order valence-electron chi connectivity index (χ2n) is 6.25. The molecule has 0 atom stereocenters. The molecule has 142 valence electrons. The minimum absolute atomic E-state index is 0.103. The topological polar surface area (TPSA) is 39.1 Å². The van der Waals surface area contributed by atoms with Gasteiger partial charge in [0.2, 0.25) is 0 Å². The predicted molar refractivity (Wildman–Crippen MR) is 101 cm³/mol. The molecule has 0 saturated heterocycles. The molecule has 3 aromatic carbocycles. The minimum Gasteiger partial charge on any atom is -0.241 e. The largest absolute Gasteiger partial charge is 0.416 e. The van der Waals surface area contributed by atoms with Crippen LogP contribution >= 0.6 is 0 Å². The molecule has 0 amide bonds. The molecule has 28 heavy (non-hydrogen) atoms. The highest BCUT2D eigenvalue weighted by atomic mass is 32.2. The summed E-state index contributed by atoms with van der Waals surface area (Å²) in [7, 11) is -3.90. The lowest BCUT2D eigenvalue weighted by molar-refractivity contribution is -0.137. The fourth-order valence-electron chi connectivity index (χ4n) is 3.15. The van der Waals surface area contributed by atoms with Gasteiger partial charge in [-0.3, -0.25) is 0 Å². The van der Waals surface area contributed by atoms with E-state index in [1.165, 1.54) is 30.5 Å². The fraction of sp³-hybridized carbons (Fsp3) is 0.0476. The molecule has 0 spiro atoms. The third-order valence-corrected chi connectivity index (χ3v) is 6.17. The van der Waals surface area contributed by atoms with E-state index < -0.39 is 21.8 Å². The van der Waals surface area contributed by atoms with Crippen molar-refractivity contribution in [3.05, 3.63) is 90.6 Å². The highest BCUT2D eigenvalue weighted by molar-refractivity contribution is 7.90. The highest BCUT2D eigenvalue weighted by Crippen LogP contribution is 2.36. The molecular formula is C21H14F3NO2S. The Morgan fingerprint density at radius 3 is 2.18 bits per heavy atom. The Morgan fingerprint density at radius 2 is 1.46 bits per heavy atom. The number of nitrogens with zero attached hydrogens (tertiary/aromatic N) is 1. The lowest BCUT2D eigenvalue weighted by atomic mass is 10.0. The first-order chi connectivity index (χ1) is 13.3. The number of halogens is 3. The number of rotatable bonds is 3. The molecule has 0 aliphatic heterocycles. The van der Waals surface area contributed by atoms with Crippen molar-refractivity contribution in [2.75, 3.05) is 0 Å². The van der Waals surface area contributed by atoms with Crippen LogP contribution in [0.15, 0.2) is 90.0 Å². The number of fused-ring (bicyclic) bond motifs is 1. The zero-order chi connectivity index (χ0) is 19.9. The van der Waals surface area contributed by atoms with Crippen LogP contribution < -0.4 is 0 Å². The van der Waals surface area contributed by atoms with Gasteiger partial charge in [0.15, 0.2) is 0 Å². The number of hydrogen-bond acceptors (Lipinski definition) is 2. The lowest BCUT2D eigenvalue weighted by Crippen LogP contribution is -2.11. The monoisotopic (exact) mass is 401 g/mol. The quantitative estimate of drug-likeness (QED) is 0.451. The van der Waals surface area contributed by atoms with Crippen molar-refractivity contribution in [3.8, 4) is 11.1 Å². The molecule has 7 heteroatoms. The molecule has 0 radical (unpaired) electrons. The van der Waals surface area contributed by atoms with E-state index in [9.17, 15) is 21.6 Å². The van der Waals surface area contributed by atoms with Gasteiger partial charge in [0.1, 0.15) is 0 Å². The van der Waals surface area contributed by atoms with E-state index in [4.69, 9.17) is 0 Å². The average molecular weight is 401 g/mol. The third kappa shape index (κ3) is 3.07. The number of alkyl halides is 3. The maximum atomic E-state index is 13.1. The molecule has 0 aliphatic rings. The van der Waals surface area contributed by atoms with Crippen LogP contribution in [-0.4, -0.2) is 12.4 Å². The summed E-state index contributed by atoms with van der Waals surface area (Å²) >= 11 is 0. The first-order valence-electron chi connectivity index (χ1n) is 8.37. The van der Waals surface area contributed by atoms with Crippen LogP contribution in [-0.2, 0) is 16.2 Å². The predicted octanol–water partition coefficient (Wildman–Crippen LogP) is 5.56. The van der Waals surface area contributed by atoms with Crippen molar-refractivity contribution in [1.82, 2.24) is 3.97 Å². The van der Waals surface area contributed by atoms with Crippen LogP contribution in [0.25, 0.3) is 22.0 Å². The summed E-state index contributed by atoms with van der Waals surface area (Å²) in [4.78, 5) is 0.103. The minimum atomic E-state index is -4.48. The van der Waals surface area contributed by atoms with Gasteiger partial charge in [0, 0.05) is 17.1 Å². The maximum Gasteiger partial charge on any atom is 0.416 e. The summed E-state index contributed by atoms with van der Waals surface area (Å²) in [5, 5.41) is 0.557. The van der Waals surface area contributed by atoms with Gasteiger partial charge in [-0.15, -0.1) is 0 Å². The highest BCUT2D eigenvalue weighted by Gasteiger charge is 2.31. The lowest BCUT2D eigenvalue weighted by Gasteiger charge is -2.08. The molecule has 0 saturated carbocycles. The fourth-order valence-corrected chi connectivity index (χ4v) is 4.54. The maximum absolute atomic E-state index is 13.1. The Hall–Kier alpha value is -3.06. The summed E-state index contributed by atoms with van der Waals surface area (Å²) in [6, 6.07) is 19.5. The molecule has 0 fully saturated rings. The van der Waals surface area contributed by atoms with Crippen molar-refractivity contribution in [2.45, 2.75) is 11.1 Å². The number of para-hydroxylation sites is 1. The van der Waals surface area contributed by atoms with E-state index in [1.54, 1.807) is 42.5 Å². The van der Waals surface area contributed by atoms with E-state index in [1.807, 2.05) is 0 Å². The van der Waals surface area contributed by atoms with Crippen molar-refractivity contribution < 1.29 is 21.6 Å². The summed E-state index contributed by atoms with van der Waals surface area (Å²) in [6.07, 6.45) is -3.10. The summed E-state index contributed by atoms with van der Waals surface area (Å²) < 4.78 is 66.7. The Morgan fingerprint density at radius 1 is 0.786 bits per heavy atom. The summed E-state index contributed by atoms with van der Waals surface area (Å²) in [5.74, 6) is 0. The smallest absolute Gasteiger partial charge is 0.241 e. The Labute approximate surface area is 159 Å². The van der Waals surface area contributed by atoms with Gasteiger partial charge in [-0.25, -0.2) is 12.4 Å². The van der Waals surface area contributed by atoms with Crippen LogP contribution in [0.3, 0.4) is 0 Å². The summed E-state index contributed by atoms with van der Waals surface area (Å²) in [5.41, 5.74) is 0.334. The second-order valence-corrected chi connectivity index (χ2v) is 8.07. The summed E-state index contributed by atoms with van der Waals surface area (Å²) in [6.45, 7) is 0. The van der Waals surface area contributed by atoms with Gasteiger partial charge in [-0.05, 0) is 35.9 Å². The molecular weight excluding hydrogens is 387 g/mol. The zero-order valence-corrected chi connectivity index (χ0v) is 15.2. The molecule has 1 aromatic heterocycles. The Kier molecular flexibility index (Phi) is 4.27. The van der Waals surface area contributed by atoms with Crippen molar-refractivity contribution in [3.63, 3.8) is 0 Å². The van der Waals surface area contributed by atoms with Crippen LogP contribution in [0.2, 0.25) is 0 Å². The van der Waals surface area contributed by atoms with E-state index in [0.29, 0.717) is 22.0 Å². The third-order valence-electron chi connectivity index (χ3n) is 4.48.